The van der Waals surface area contributed by atoms with Crippen LogP contribution < -0.4 is 19.3 Å². The smallest absolute Gasteiger partial charge is 0.336 e. The van der Waals surface area contributed by atoms with E-state index in [1.165, 1.54) is 6.07 Å². The summed E-state index contributed by atoms with van der Waals surface area (Å²) in [6, 6.07) is 19.3. The quantitative estimate of drug-likeness (QED) is 0.344. The van der Waals surface area contributed by atoms with Crippen LogP contribution in [0.25, 0.3) is 10.9 Å². The van der Waals surface area contributed by atoms with Crippen molar-refractivity contribution >= 4 is 44.1 Å². The molecule has 0 amide bonds. The molecule has 0 spiro atoms. The molecule has 4 aromatic rings. The van der Waals surface area contributed by atoms with Crippen molar-refractivity contribution in [1.29, 1.82) is 0 Å². The second-order valence-corrected chi connectivity index (χ2v) is 11.2. The molecule has 1 aromatic heterocycles. The van der Waals surface area contributed by atoms with E-state index in [1.54, 1.807) is 50.4 Å². The van der Waals surface area contributed by atoms with E-state index < -0.39 is 16.0 Å². The van der Waals surface area contributed by atoms with Crippen LogP contribution in [0.2, 0.25) is 0 Å². The number of rotatable bonds is 7. The standard InChI is InChI=1S/C29H30N4O5S/c1-19-8-11-27(20(2)16-19)39(36,37)31-21-9-10-24-22(17-21)23(29(34)35)18-28(30-24)33-14-12-32(13-15-33)25-6-4-5-7-26(25)38-3/h4-11,16-18,31H,12-15H2,1-3H3,(H,34,35). The summed E-state index contributed by atoms with van der Waals surface area (Å²) in [5, 5.41) is 10.4. The van der Waals surface area contributed by atoms with Crippen LogP contribution in [0.1, 0.15) is 21.5 Å². The van der Waals surface area contributed by atoms with E-state index >= 15 is 0 Å². The summed E-state index contributed by atoms with van der Waals surface area (Å²) in [4.78, 5) is 21.5. The third-order valence-corrected chi connectivity index (χ3v) is 8.47. The summed E-state index contributed by atoms with van der Waals surface area (Å²) < 4.78 is 34.2. The van der Waals surface area contributed by atoms with Crippen molar-refractivity contribution in [3.05, 3.63) is 83.4 Å². The molecule has 10 heteroatoms. The number of aromatic nitrogens is 1. The predicted octanol–water partition coefficient (Wildman–Crippen LogP) is 4.69. The molecule has 2 heterocycles. The second-order valence-electron chi connectivity index (χ2n) is 9.59. The zero-order chi connectivity index (χ0) is 27.7. The first-order valence-electron chi connectivity index (χ1n) is 12.6. The molecule has 3 aromatic carbocycles. The Morgan fingerprint density at radius 2 is 1.67 bits per heavy atom. The minimum atomic E-state index is -3.86. The van der Waals surface area contributed by atoms with Gasteiger partial charge < -0.3 is 19.6 Å². The van der Waals surface area contributed by atoms with E-state index in [4.69, 9.17) is 9.72 Å². The molecule has 0 unspecified atom stereocenters. The van der Waals surface area contributed by atoms with Gasteiger partial charge in [-0.1, -0.05) is 29.8 Å². The normalized spacial score (nSPS) is 13.9. The van der Waals surface area contributed by atoms with Gasteiger partial charge in [0.25, 0.3) is 10.0 Å². The molecular weight excluding hydrogens is 516 g/mol. The Hall–Kier alpha value is -4.31. The van der Waals surface area contributed by atoms with Crippen LogP contribution >= 0.6 is 0 Å². The lowest BCUT2D eigenvalue weighted by atomic mass is 10.1. The number of carbonyl (C=O) groups is 1. The number of ether oxygens (including phenoxy) is 1. The van der Waals surface area contributed by atoms with Crippen LogP contribution in [0.4, 0.5) is 17.2 Å². The number of methoxy groups -OCH3 is 1. The molecule has 0 radical (unpaired) electrons. The number of piperazine rings is 1. The molecule has 0 aliphatic carbocycles. The van der Waals surface area contributed by atoms with Crippen molar-refractivity contribution in [3.63, 3.8) is 0 Å². The lowest BCUT2D eigenvalue weighted by molar-refractivity contribution is 0.0699. The van der Waals surface area contributed by atoms with Gasteiger partial charge in [0.05, 0.1) is 28.8 Å². The number of nitrogens with one attached hydrogen (secondary N) is 1. The number of aromatic carboxylic acids is 1. The molecule has 0 bridgehead atoms. The van der Waals surface area contributed by atoms with Crippen molar-refractivity contribution in [3.8, 4) is 5.75 Å². The topological polar surface area (TPSA) is 112 Å². The molecule has 1 fully saturated rings. The van der Waals surface area contributed by atoms with Crippen molar-refractivity contribution in [2.24, 2.45) is 0 Å². The van der Waals surface area contributed by atoms with Crippen molar-refractivity contribution in [1.82, 2.24) is 4.98 Å². The fourth-order valence-corrected chi connectivity index (χ4v) is 6.27. The van der Waals surface area contributed by atoms with Gasteiger partial charge in [0, 0.05) is 37.3 Å². The van der Waals surface area contributed by atoms with E-state index in [0.29, 0.717) is 35.4 Å². The molecule has 1 aliphatic heterocycles. The SMILES string of the molecule is COc1ccccc1N1CCN(c2cc(C(=O)O)c3cc(NS(=O)(=O)c4ccc(C)cc4C)ccc3n2)CC1. The molecule has 202 valence electrons. The number of carboxylic acids is 1. The maximum absolute atomic E-state index is 13.1. The van der Waals surface area contributed by atoms with Gasteiger partial charge in [-0.25, -0.2) is 18.2 Å². The van der Waals surface area contributed by atoms with Crippen LogP contribution in [0.3, 0.4) is 0 Å². The fraction of sp³-hybridized carbons (Fsp3) is 0.241. The van der Waals surface area contributed by atoms with Gasteiger partial charge >= 0.3 is 5.97 Å². The molecule has 1 aliphatic rings. The summed E-state index contributed by atoms with van der Waals surface area (Å²) in [5.41, 5.74) is 3.43. The maximum Gasteiger partial charge on any atom is 0.336 e. The number of anilines is 3. The van der Waals surface area contributed by atoms with Gasteiger partial charge in [-0.05, 0) is 61.9 Å². The molecule has 39 heavy (non-hydrogen) atoms. The molecule has 2 N–H and O–H groups in total. The van der Waals surface area contributed by atoms with Crippen molar-refractivity contribution in [2.45, 2.75) is 18.7 Å². The second kappa shape index (κ2) is 10.5. The monoisotopic (exact) mass is 546 g/mol. The Kier molecular flexibility index (Phi) is 7.05. The lowest BCUT2D eigenvalue weighted by Gasteiger charge is -2.37. The highest BCUT2D eigenvalue weighted by molar-refractivity contribution is 7.92. The Labute approximate surface area is 227 Å². The predicted molar refractivity (Wildman–Crippen MR) is 153 cm³/mol. The van der Waals surface area contributed by atoms with E-state index in [0.717, 1.165) is 30.1 Å². The number of benzene rings is 3. The number of hydrogen-bond donors (Lipinski definition) is 2. The number of carboxylic acid groups (broad SMARTS) is 1. The number of pyridine rings is 1. The summed E-state index contributed by atoms with van der Waals surface area (Å²) in [6.45, 7) is 6.40. The number of hydrogen-bond acceptors (Lipinski definition) is 7. The first-order valence-corrected chi connectivity index (χ1v) is 14.1. The molecule has 0 saturated carbocycles. The van der Waals surface area contributed by atoms with Crippen LogP contribution in [-0.4, -0.2) is 57.8 Å². The molecule has 9 nitrogen and oxygen atoms in total. The zero-order valence-corrected chi connectivity index (χ0v) is 22.8. The van der Waals surface area contributed by atoms with E-state index in [9.17, 15) is 18.3 Å². The number of aryl methyl sites for hydroxylation is 2. The first kappa shape index (κ1) is 26.3. The highest BCUT2D eigenvalue weighted by atomic mass is 32.2. The molecule has 0 atom stereocenters. The van der Waals surface area contributed by atoms with Crippen LogP contribution in [-0.2, 0) is 10.0 Å². The molecule has 5 rings (SSSR count). The summed E-state index contributed by atoms with van der Waals surface area (Å²) in [5.74, 6) is 0.279. The van der Waals surface area contributed by atoms with Gasteiger partial charge in [0.15, 0.2) is 0 Å². The third kappa shape index (κ3) is 5.33. The third-order valence-electron chi connectivity index (χ3n) is 6.93. The Morgan fingerprint density at radius 3 is 2.36 bits per heavy atom. The Morgan fingerprint density at radius 1 is 0.949 bits per heavy atom. The number of sulfonamides is 1. The fourth-order valence-electron chi connectivity index (χ4n) is 4.99. The van der Waals surface area contributed by atoms with E-state index in [2.05, 4.69) is 14.5 Å². The summed E-state index contributed by atoms with van der Waals surface area (Å²) >= 11 is 0. The maximum atomic E-state index is 13.1. The Bertz CT molecular complexity index is 1660. The number of fused-ring (bicyclic) bond motifs is 1. The Balaban J connectivity index is 1.41. The van der Waals surface area contributed by atoms with Crippen LogP contribution in [0.5, 0.6) is 5.75 Å². The highest BCUT2D eigenvalue weighted by Crippen LogP contribution is 2.31. The van der Waals surface area contributed by atoms with Crippen molar-refractivity contribution in [2.75, 3.05) is 47.8 Å². The van der Waals surface area contributed by atoms with Gasteiger partial charge in [0.1, 0.15) is 11.6 Å². The van der Waals surface area contributed by atoms with Gasteiger partial charge in [-0.3, -0.25) is 4.72 Å². The van der Waals surface area contributed by atoms with Gasteiger partial charge in [0.2, 0.25) is 0 Å². The first-order chi connectivity index (χ1) is 18.7. The molecular formula is C29H30N4O5S. The molecule has 1 saturated heterocycles. The number of para-hydroxylation sites is 2. The largest absolute Gasteiger partial charge is 0.495 e. The van der Waals surface area contributed by atoms with Crippen molar-refractivity contribution < 1.29 is 23.1 Å². The van der Waals surface area contributed by atoms with Crippen LogP contribution in [0.15, 0.2) is 71.6 Å². The highest BCUT2D eigenvalue weighted by Gasteiger charge is 2.23. The van der Waals surface area contributed by atoms with E-state index in [1.807, 2.05) is 31.2 Å². The average molecular weight is 547 g/mol. The number of nitrogens with zero attached hydrogens (tertiary/aromatic N) is 3. The minimum absolute atomic E-state index is 0.0646. The minimum Gasteiger partial charge on any atom is -0.495 e. The van der Waals surface area contributed by atoms with Gasteiger partial charge in [-0.15, -0.1) is 0 Å². The summed E-state index contributed by atoms with van der Waals surface area (Å²) in [7, 11) is -2.21. The summed E-state index contributed by atoms with van der Waals surface area (Å²) in [6.07, 6.45) is 0. The van der Waals surface area contributed by atoms with E-state index in [-0.39, 0.29) is 16.1 Å². The zero-order valence-electron chi connectivity index (χ0n) is 22.0. The van der Waals surface area contributed by atoms with Crippen LogP contribution in [0, 0.1) is 13.8 Å². The lowest BCUT2D eigenvalue weighted by Crippen LogP contribution is -2.47. The average Bonchev–Trinajstić information content (AvgIpc) is 2.92. The van der Waals surface area contributed by atoms with Gasteiger partial charge in [-0.2, -0.15) is 0 Å².